The summed E-state index contributed by atoms with van der Waals surface area (Å²) >= 11 is 0. The zero-order valence-corrected chi connectivity index (χ0v) is 18.6. The molecule has 2 atom stereocenters. The van der Waals surface area contributed by atoms with Gasteiger partial charge in [0.15, 0.2) is 12.2 Å². The van der Waals surface area contributed by atoms with Crippen LogP contribution in [0.2, 0.25) is 0 Å². The molecular weight excluding hydrogens is 412 g/mol. The van der Waals surface area contributed by atoms with Crippen LogP contribution >= 0.6 is 0 Å². The smallest absolute Gasteiger partial charge is 0.328 e. The second-order valence-electron chi connectivity index (χ2n) is 7.95. The normalized spacial score (nSPS) is 20.5. The number of aromatic nitrogens is 2. The van der Waals surface area contributed by atoms with Crippen molar-refractivity contribution in [1.29, 1.82) is 0 Å². The van der Waals surface area contributed by atoms with E-state index in [1.54, 1.807) is 11.7 Å². The number of esters is 1. The number of aliphatic imine (C=N–C) groups is 1. The number of methoxy groups -OCH3 is 1. The quantitative estimate of drug-likeness (QED) is 0.647. The van der Waals surface area contributed by atoms with Gasteiger partial charge < -0.3 is 14.5 Å². The summed E-state index contributed by atoms with van der Waals surface area (Å²) in [7, 11) is 2.80. The first-order valence-corrected chi connectivity index (χ1v) is 10.4. The van der Waals surface area contributed by atoms with Gasteiger partial charge in [0, 0.05) is 19.3 Å². The van der Waals surface area contributed by atoms with Gasteiger partial charge in [0.1, 0.15) is 6.54 Å². The number of rotatable bonds is 5. The molecule has 2 unspecified atom stereocenters. The third-order valence-corrected chi connectivity index (χ3v) is 5.77. The van der Waals surface area contributed by atoms with E-state index in [4.69, 9.17) is 4.99 Å². The van der Waals surface area contributed by atoms with Gasteiger partial charge in [-0.1, -0.05) is 30.3 Å². The number of ether oxygens (including phenoxy) is 1. The van der Waals surface area contributed by atoms with E-state index in [9.17, 15) is 14.4 Å². The average Bonchev–Trinajstić information content (AvgIpc) is 3.33. The molecule has 3 heterocycles. The number of likely N-dealkylation sites (N-methyl/N-ethyl adjacent to an activating group) is 1. The molecule has 0 bridgehead atoms. The van der Waals surface area contributed by atoms with Crippen LogP contribution in [0.3, 0.4) is 0 Å². The molecule has 0 spiro atoms. The van der Waals surface area contributed by atoms with Crippen LogP contribution in [0.1, 0.15) is 17.0 Å². The van der Waals surface area contributed by atoms with Crippen LogP contribution in [-0.4, -0.2) is 87.8 Å². The van der Waals surface area contributed by atoms with E-state index in [0.29, 0.717) is 18.9 Å². The molecule has 10 nitrogen and oxygen atoms in total. The Balaban J connectivity index is 1.71. The number of amides is 3. The number of hydrogen-bond donors (Lipinski definition) is 0. The fraction of sp³-hybridized carbons (Fsp3) is 0.409. The maximum atomic E-state index is 13.4. The molecule has 0 radical (unpaired) electrons. The Morgan fingerprint density at radius 1 is 1.16 bits per heavy atom. The highest BCUT2D eigenvalue weighted by atomic mass is 16.5. The van der Waals surface area contributed by atoms with Crippen molar-refractivity contribution in [2.45, 2.75) is 32.5 Å². The molecule has 2 aromatic rings. The van der Waals surface area contributed by atoms with Crippen molar-refractivity contribution < 1.29 is 19.1 Å². The first kappa shape index (κ1) is 21.5. The van der Waals surface area contributed by atoms with Gasteiger partial charge in [0.2, 0.25) is 5.96 Å². The molecule has 1 saturated heterocycles. The van der Waals surface area contributed by atoms with Crippen LogP contribution in [0.4, 0.5) is 4.79 Å². The molecule has 168 valence electrons. The summed E-state index contributed by atoms with van der Waals surface area (Å²) in [6.45, 7) is 3.85. The second kappa shape index (κ2) is 8.45. The highest BCUT2D eigenvalue weighted by molar-refractivity contribution is 6.05. The molecule has 4 rings (SSSR count). The minimum absolute atomic E-state index is 0.441. The Labute approximate surface area is 186 Å². The second-order valence-corrected chi connectivity index (χ2v) is 7.95. The summed E-state index contributed by atoms with van der Waals surface area (Å²) in [6, 6.07) is 10.5. The third kappa shape index (κ3) is 3.72. The van der Waals surface area contributed by atoms with Gasteiger partial charge in [-0.25, -0.2) is 14.5 Å². The standard InChI is InChI=1S/C22H26N6O4/c1-14-12-15(2)28(24-14)21-23-19-18(26(21)11-10-16-8-6-5-7-9-16)20(30)27(13-17(29)32-4)22(31)25(19)3/h5-9,12,18-19H,10-11,13H2,1-4H3. The third-order valence-electron chi connectivity index (χ3n) is 5.77. The van der Waals surface area contributed by atoms with Crippen LogP contribution < -0.4 is 0 Å². The van der Waals surface area contributed by atoms with Crippen molar-refractivity contribution in [2.75, 3.05) is 27.2 Å². The Kier molecular flexibility index (Phi) is 5.68. The summed E-state index contributed by atoms with van der Waals surface area (Å²) in [6.07, 6.45) is -0.0387. The lowest BCUT2D eigenvalue weighted by molar-refractivity contribution is -0.148. The first-order valence-electron chi connectivity index (χ1n) is 10.4. The molecule has 1 aromatic carbocycles. The molecular formula is C22H26N6O4. The number of fused-ring (bicyclic) bond motifs is 1. The summed E-state index contributed by atoms with van der Waals surface area (Å²) in [4.78, 5) is 47.1. The van der Waals surface area contributed by atoms with E-state index in [2.05, 4.69) is 9.84 Å². The summed E-state index contributed by atoms with van der Waals surface area (Å²) in [5, 5.41) is 4.55. The zero-order valence-electron chi connectivity index (χ0n) is 18.6. The van der Waals surface area contributed by atoms with Crippen molar-refractivity contribution in [1.82, 2.24) is 24.5 Å². The molecule has 32 heavy (non-hydrogen) atoms. The summed E-state index contributed by atoms with van der Waals surface area (Å²) < 4.78 is 6.38. The predicted octanol–water partition coefficient (Wildman–Crippen LogP) is 1.02. The van der Waals surface area contributed by atoms with E-state index >= 15 is 0 Å². The van der Waals surface area contributed by atoms with Gasteiger partial charge >= 0.3 is 12.0 Å². The number of carbonyl (C=O) groups is 3. The highest BCUT2D eigenvalue weighted by Gasteiger charge is 2.53. The van der Waals surface area contributed by atoms with Crippen LogP contribution in [0.5, 0.6) is 0 Å². The van der Waals surface area contributed by atoms with Crippen molar-refractivity contribution in [3.63, 3.8) is 0 Å². The Morgan fingerprint density at radius 2 is 1.88 bits per heavy atom. The van der Waals surface area contributed by atoms with Crippen molar-refractivity contribution in [2.24, 2.45) is 4.99 Å². The number of nitrogens with zero attached hydrogens (tertiary/aromatic N) is 6. The van der Waals surface area contributed by atoms with Gasteiger partial charge in [-0.15, -0.1) is 0 Å². The number of imide groups is 1. The lowest BCUT2D eigenvalue weighted by atomic mass is 10.1. The molecule has 0 N–H and O–H groups in total. The van der Waals surface area contributed by atoms with Crippen molar-refractivity contribution in [3.8, 4) is 0 Å². The lowest BCUT2D eigenvalue weighted by Crippen LogP contribution is -2.66. The largest absolute Gasteiger partial charge is 0.468 e. The van der Waals surface area contributed by atoms with E-state index in [0.717, 1.165) is 21.9 Å². The number of aryl methyl sites for hydroxylation is 2. The summed E-state index contributed by atoms with van der Waals surface area (Å²) in [5.41, 5.74) is 2.81. The lowest BCUT2D eigenvalue weighted by Gasteiger charge is -2.40. The molecule has 2 aliphatic rings. The van der Waals surface area contributed by atoms with Gasteiger partial charge in [0.25, 0.3) is 5.91 Å². The molecule has 1 fully saturated rings. The monoisotopic (exact) mass is 438 g/mol. The van der Waals surface area contributed by atoms with Gasteiger partial charge in [-0.2, -0.15) is 5.10 Å². The Bertz CT molecular complexity index is 1080. The molecule has 2 aliphatic heterocycles. The number of hydrogen-bond acceptors (Lipinski definition) is 7. The molecule has 0 aliphatic carbocycles. The van der Waals surface area contributed by atoms with E-state index < -0.39 is 36.7 Å². The topological polar surface area (TPSA) is 100 Å². The minimum atomic E-state index is -0.759. The van der Waals surface area contributed by atoms with Crippen LogP contribution in [-0.2, 0) is 20.7 Å². The number of carbonyl (C=O) groups excluding carboxylic acids is 3. The molecule has 1 aromatic heterocycles. The molecule has 3 amide bonds. The van der Waals surface area contributed by atoms with Crippen molar-refractivity contribution >= 4 is 23.9 Å². The van der Waals surface area contributed by atoms with Gasteiger partial charge in [-0.05, 0) is 31.9 Å². The summed E-state index contributed by atoms with van der Waals surface area (Å²) in [5.74, 6) is -0.627. The van der Waals surface area contributed by atoms with E-state index in [-0.39, 0.29) is 0 Å². The number of urea groups is 1. The first-order chi connectivity index (χ1) is 15.3. The predicted molar refractivity (Wildman–Crippen MR) is 116 cm³/mol. The van der Waals surface area contributed by atoms with Crippen LogP contribution in [0.25, 0.3) is 0 Å². The maximum Gasteiger partial charge on any atom is 0.328 e. The van der Waals surface area contributed by atoms with Crippen molar-refractivity contribution in [3.05, 3.63) is 53.3 Å². The van der Waals surface area contributed by atoms with E-state index in [1.807, 2.05) is 55.1 Å². The number of benzene rings is 1. The minimum Gasteiger partial charge on any atom is -0.468 e. The SMILES string of the molecule is COC(=O)CN1C(=O)C2C(N=C(n3nc(C)cc3C)N2CCc2ccccc2)N(C)C1=O. The van der Waals surface area contributed by atoms with Crippen LogP contribution in [0, 0.1) is 13.8 Å². The Morgan fingerprint density at radius 3 is 2.50 bits per heavy atom. The van der Waals surface area contributed by atoms with E-state index in [1.165, 1.54) is 12.0 Å². The fourth-order valence-electron chi connectivity index (χ4n) is 4.15. The zero-order chi connectivity index (χ0) is 23.0. The Hall–Kier alpha value is -3.69. The van der Waals surface area contributed by atoms with Crippen LogP contribution in [0.15, 0.2) is 41.4 Å². The molecule has 10 heteroatoms. The maximum absolute atomic E-state index is 13.4. The van der Waals surface area contributed by atoms with Gasteiger partial charge in [0.05, 0.1) is 12.8 Å². The van der Waals surface area contributed by atoms with Gasteiger partial charge in [-0.3, -0.25) is 14.5 Å². The average molecular weight is 438 g/mol. The molecule has 0 saturated carbocycles. The fourth-order valence-corrected chi connectivity index (χ4v) is 4.15. The highest BCUT2D eigenvalue weighted by Crippen LogP contribution is 2.29.